The Hall–Kier alpha value is -0.300. The first kappa shape index (κ1) is 10.2. The minimum atomic E-state index is 0.583. The molecular weight excluding hydrogens is 236 g/mol. The molecule has 0 spiro atoms. The van der Waals surface area contributed by atoms with E-state index < -0.39 is 0 Å². The largest absolute Gasteiger partial charge is 0.0839 e. The summed E-state index contributed by atoms with van der Waals surface area (Å²) in [6, 6.07) is 4.75. The van der Waals surface area contributed by atoms with Crippen molar-refractivity contribution in [2.45, 2.75) is 44.4 Å². The molecule has 0 saturated carbocycles. The highest BCUT2D eigenvalue weighted by atomic mass is 79.9. The van der Waals surface area contributed by atoms with Gasteiger partial charge in [0.2, 0.25) is 0 Å². The van der Waals surface area contributed by atoms with E-state index in [2.05, 4.69) is 41.9 Å². The smallest absolute Gasteiger partial charge is 0.0398 e. The maximum Gasteiger partial charge on any atom is 0.0398 e. The van der Waals surface area contributed by atoms with Crippen LogP contribution in [0.25, 0.3) is 0 Å². The molecule has 1 aromatic rings. The van der Waals surface area contributed by atoms with E-state index in [-0.39, 0.29) is 0 Å². The standard InChI is InChI=1S/C13H17Br/c1-9-7-11-5-3-4-6-13(14)12(11)8-10(9)2/h7-8,13H,3-6H2,1-2H3. The van der Waals surface area contributed by atoms with Crippen LogP contribution >= 0.6 is 15.9 Å². The lowest BCUT2D eigenvalue weighted by molar-refractivity contribution is 0.708. The van der Waals surface area contributed by atoms with Gasteiger partial charge < -0.3 is 0 Å². The van der Waals surface area contributed by atoms with E-state index >= 15 is 0 Å². The third kappa shape index (κ3) is 1.88. The highest BCUT2D eigenvalue weighted by Gasteiger charge is 2.16. The maximum absolute atomic E-state index is 3.80. The topological polar surface area (TPSA) is 0 Å². The van der Waals surface area contributed by atoms with Crippen molar-refractivity contribution in [2.75, 3.05) is 0 Å². The predicted octanol–water partition coefficient (Wildman–Crippen LogP) is 4.47. The van der Waals surface area contributed by atoms with Gasteiger partial charge in [-0.1, -0.05) is 34.5 Å². The lowest BCUT2D eigenvalue weighted by Gasteiger charge is -2.13. The van der Waals surface area contributed by atoms with Crippen molar-refractivity contribution in [3.8, 4) is 0 Å². The van der Waals surface area contributed by atoms with Crippen molar-refractivity contribution in [1.29, 1.82) is 0 Å². The van der Waals surface area contributed by atoms with Crippen molar-refractivity contribution in [3.05, 3.63) is 34.4 Å². The molecule has 0 aliphatic heterocycles. The van der Waals surface area contributed by atoms with Crippen molar-refractivity contribution >= 4 is 15.9 Å². The highest BCUT2D eigenvalue weighted by Crippen LogP contribution is 2.36. The van der Waals surface area contributed by atoms with E-state index in [1.807, 2.05) is 0 Å². The third-order valence-electron chi connectivity index (χ3n) is 3.25. The van der Waals surface area contributed by atoms with Gasteiger partial charge >= 0.3 is 0 Å². The Bertz CT molecular complexity index is 341. The number of rotatable bonds is 0. The van der Waals surface area contributed by atoms with Crippen LogP contribution in [0.15, 0.2) is 12.1 Å². The zero-order chi connectivity index (χ0) is 10.1. The molecule has 14 heavy (non-hydrogen) atoms. The molecule has 0 amide bonds. The zero-order valence-electron chi connectivity index (χ0n) is 8.94. The summed E-state index contributed by atoms with van der Waals surface area (Å²) in [4.78, 5) is 0.583. The van der Waals surface area contributed by atoms with Gasteiger partial charge in [-0.05, 0) is 55.4 Å². The van der Waals surface area contributed by atoms with Gasteiger partial charge in [0.15, 0.2) is 0 Å². The third-order valence-corrected chi connectivity index (χ3v) is 4.20. The van der Waals surface area contributed by atoms with Crippen LogP contribution < -0.4 is 0 Å². The first-order chi connectivity index (χ1) is 6.68. The summed E-state index contributed by atoms with van der Waals surface area (Å²) in [5.74, 6) is 0. The van der Waals surface area contributed by atoms with Gasteiger partial charge in [-0.3, -0.25) is 0 Å². The van der Waals surface area contributed by atoms with E-state index in [0.717, 1.165) is 0 Å². The van der Waals surface area contributed by atoms with Crippen molar-refractivity contribution in [2.24, 2.45) is 0 Å². The van der Waals surface area contributed by atoms with Crippen molar-refractivity contribution in [3.63, 3.8) is 0 Å². The average Bonchev–Trinajstić information content (AvgIpc) is 2.31. The summed E-state index contributed by atoms with van der Waals surface area (Å²) in [5, 5.41) is 0. The summed E-state index contributed by atoms with van der Waals surface area (Å²) in [7, 11) is 0. The van der Waals surface area contributed by atoms with Gasteiger partial charge in [-0.2, -0.15) is 0 Å². The molecular formula is C13H17Br. The van der Waals surface area contributed by atoms with E-state index in [4.69, 9.17) is 0 Å². The molecule has 0 bridgehead atoms. The quantitative estimate of drug-likeness (QED) is 0.473. The van der Waals surface area contributed by atoms with Crippen LogP contribution in [0.5, 0.6) is 0 Å². The molecule has 1 aliphatic rings. The number of hydrogen-bond donors (Lipinski definition) is 0. The molecule has 1 aliphatic carbocycles. The molecule has 0 fully saturated rings. The number of hydrogen-bond acceptors (Lipinski definition) is 0. The summed E-state index contributed by atoms with van der Waals surface area (Å²) >= 11 is 3.80. The van der Waals surface area contributed by atoms with Crippen LogP contribution in [0, 0.1) is 13.8 Å². The van der Waals surface area contributed by atoms with Crippen LogP contribution in [0.1, 0.15) is 46.3 Å². The first-order valence-electron chi connectivity index (χ1n) is 5.42. The fourth-order valence-corrected chi connectivity index (χ4v) is 2.95. The molecule has 0 aromatic heterocycles. The van der Waals surface area contributed by atoms with Gasteiger partial charge in [0.05, 0.1) is 0 Å². The van der Waals surface area contributed by atoms with Gasteiger partial charge in [0.25, 0.3) is 0 Å². The van der Waals surface area contributed by atoms with E-state index in [0.29, 0.717) is 4.83 Å². The molecule has 1 aromatic carbocycles. The van der Waals surface area contributed by atoms with E-state index in [9.17, 15) is 0 Å². The SMILES string of the molecule is Cc1cc2c(cc1C)C(Br)CCCC2. The molecule has 76 valence electrons. The highest BCUT2D eigenvalue weighted by molar-refractivity contribution is 9.09. The summed E-state index contributed by atoms with van der Waals surface area (Å²) in [6.45, 7) is 4.42. The minimum absolute atomic E-state index is 0.583. The molecule has 1 heteroatoms. The van der Waals surface area contributed by atoms with Crippen molar-refractivity contribution in [1.82, 2.24) is 0 Å². The van der Waals surface area contributed by atoms with Gasteiger partial charge in [-0.25, -0.2) is 0 Å². The number of fused-ring (bicyclic) bond motifs is 1. The van der Waals surface area contributed by atoms with Gasteiger partial charge in [0.1, 0.15) is 0 Å². The second kappa shape index (κ2) is 4.06. The Balaban J connectivity index is 2.49. The minimum Gasteiger partial charge on any atom is -0.0839 e. The molecule has 2 rings (SSSR count). The molecule has 0 N–H and O–H groups in total. The Morgan fingerprint density at radius 1 is 1.14 bits per heavy atom. The zero-order valence-corrected chi connectivity index (χ0v) is 10.5. The second-order valence-corrected chi connectivity index (χ2v) is 5.45. The number of halogens is 1. The first-order valence-corrected chi connectivity index (χ1v) is 6.34. The van der Waals surface area contributed by atoms with Crippen LogP contribution in [0.4, 0.5) is 0 Å². The summed E-state index contributed by atoms with van der Waals surface area (Å²) in [5.41, 5.74) is 5.96. The van der Waals surface area contributed by atoms with Crippen LogP contribution in [0.3, 0.4) is 0 Å². The normalized spacial score (nSPS) is 21.5. The van der Waals surface area contributed by atoms with Crippen molar-refractivity contribution < 1.29 is 0 Å². The Kier molecular flexibility index (Phi) is 2.96. The lowest BCUT2D eigenvalue weighted by Crippen LogP contribution is -1.96. The fraction of sp³-hybridized carbons (Fsp3) is 0.538. The van der Waals surface area contributed by atoms with Crippen LogP contribution in [-0.4, -0.2) is 0 Å². The second-order valence-electron chi connectivity index (χ2n) is 4.35. The number of alkyl halides is 1. The molecule has 1 unspecified atom stereocenters. The molecule has 0 heterocycles. The Labute approximate surface area is 94.8 Å². The lowest BCUT2D eigenvalue weighted by atomic mass is 9.97. The van der Waals surface area contributed by atoms with Crippen LogP contribution in [-0.2, 0) is 6.42 Å². The van der Waals surface area contributed by atoms with E-state index in [1.165, 1.54) is 42.4 Å². The number of aryl methyl sites for hydroxylation is 3. The maximum atomic E-state index is 3.80. The molecule has 1 atom stereocenters. The Morgan fingerprint density at radius 2 is 1.86 bits per heavy atom. The molecule has 0 nitrogen and oxygen atoms in total. The summed E-state index contributed by atoms with van der Waals surface area (Å²) < 4.78 is 0. The summed E-state index contributed by atoms with van der Waals surface area (Å²) in [6.07, 6.45) is 5.24. The fourth-order valence-electron chi connectivity index (χ4n) is 2.20. The van der Waals surface area contributed by atoms with Gasteiger partial charge in [0, 0.05) is 4.83 Å². The Morgan fingerprint density at radius 3 is 2.64 bits per heavy atom. The number of benzene rings is 1. The van der Waals surface area contributed by atoms with Gasteiger partial charge in [-0.15, -0.1) is 0 Å². The molecule has 0 radical (unpaired) electrons. The van der Waals surface area contributed by atoms with E-state index in [1.54, 1.807) is 5.56 Å². The molecule has 0 saturated heterocycles. The average molecular weight is 253 g/mol. The monoisotopic (exact) mass is 252 g/mol. The predicted molar refractivity (Wildman–Crippen MR) is 65.1 cm³/mol. The van der Waals surface area contributed by atoms with Crippen LogP contribution in [0.2, 0.25) is 0 Å².